The van der Waals surface area contributed by atoms with E-state index in [1.54, 1.807) is 6.92 Å². The molecule has 170 valence electrons. The van der Waals surface area contributed by atoms with Gasteiger partial charge in [-0.3, -0.25) is 10.1 Å². The lowest BCUT2D eigenvalue weighted by Gasteiger charge is -2.30. The number of rotatable bonds is 7. The predicted molar refractivity (Wildman–Crippen MR) is 152 cm³/mol. The topological polar surface area (TPSA) is 29.1 Å². The van der Waals surface area contributed by atoms with Crippen LogP contribution in [0.5, 0.6) is 0 Å². The fraction of sp³-hybridized carbons (Fsp3) is 0.0357. The van der Waals surface area contributed by atoms with Crippen molar-refractivity contribution in [2.45, 2.75) is 11.8 Å². The third-order valence-electron chi connectivity index (χ3n) is 5.29. The van der Waals surface area contributed by atoms with Gasteiger partial charge in [0.1, 0.15) is 20.2 Å². The molecule has 0 saturated heterocycles. The normalized spacial score (nSPS) is 12.1. The minimum Gasteiger partial charge on any atom is -0.295 e. The molecule has 0 bridgehead atoms. The number of nitrogens with one attached hydrogen (secondary N) is 1. The quantitative estimate of drug-likeness (QED) is 0.163. The molecule has 0 aliphatic carbocycles. The van der Waals surface area contributed by atoms with Crippen molar-refractivity contribution in [3.8, 4) is 0 Å². The van der Waals surface area contributed by atoms with Gasteiger partial charge < -0.3 is 0 Å². The summed E-state index contributed by atoms with van der Waals surface area (Å²) in [5.74, 6) is -0.134. The Morgan fingerprint density at radius 3 is 1.53 bits per heavy atom. The van der Waals surface area contributed by atoms with Gasteiger partial charge in [-0.25, -0.2) is 0 Å². The molecular formula is C28H24ClNOPS2+. The molecule has 0 spiro atoms. The molecule has 4 rings (SSSR count). The van der Waals surface area contributed by atoms with Gasteiger partial charge in [0.15, 0.2) is 12.7 Å². The summed E-state index contributed by atoms with van der Waals surface area (Å²) in [5.41, 5.74) is 0.812. The standard InChI is InChI=1S/C28H23ClNOPS2/c1-21(31)30-27(28(33)34-26-19-17-22(29)18-20-26)32(23-11-5-2-6-12-23,24-13-7-3-8-14-24)25-15-9-4-10-16-25/h2-20H,1H3,(H-,30,31,33)/p+1. The average molecular weight is 521 g/mol. The summed E-state index contributed by atoms with van der Waals surface area (Å²) in [6.45, 7) is 1.55. The number of hydrogen-bond donors (Lipinski definition) is 2. The zero-order valence-corrected chi connectivity index (χ0v) is 21.9. The van der Waals surface area contributed by atoms with Gasteiger partial charge in [-0.2, -0.15) is 0 Å². The Hall–Kier alpha value is -2.49. The Kier molecular flexibility index (Phi) is 8.18. The molecule has 0 heterocycles. The highest BCUT2D eigenvalue weighted by atomic mass is 35.5. The molecule has 1 N–H and O–H groups in total. The second-order valence-corrected chi connectivity index (χ2v) is 13.2. The third kappa shape index (κ3) is 5.26. The Morgan fingerprint density at radius 2 is 1.15 bits per heavy atom. The summed E-state index contributed by atoms with van der Waals surface area (Å²) in [4.78, 5) is 13.6. The molecule has 0 atom stereocenters. The molecule has 2 nitrogen and oxygen atoms in total. The van der Waals surface area contributed by atoms with E-state index in [0.29, 0.717) is 5.02 Å². The fourth-order valence-electron chi connectivity index (χ4n) is 3.90. The van der Waals surface area contributed by atoms with Gasteiger partial charge in [0.2, 0.25) is 5.91 Å². The molecule has 0 radical (unpaired) electrons. The van der Waals surface area contributed by atoms with Crippen molar-refractivity contribution >= 4 is 65.1 Å². The number of carbonyl (C=O) groups excluding carboxylic acids is 1. The minimum absolute atomic E-state index is 0.134. The summed E-state index contributed by atoms with van der Waals surface area (Å²) in [6.07, 6.45) is 0. The van der Waals surface area contributed by atoms with Crippen LogP contribution >= 0.6 is 43.3 Å². The van der Waals surface area contributed by atoms with E-state index in [0.717, 1.165) is 30.5 Å². The Labute approximate surface area is 216 Å². The number of amides is 1. The summed E-state index contributed by atoms with van der Waals surface area (Å²) in [7, 11) is -2.50. The molecule has 0 saturated carbocycles. The first-order chi connectivity index (χ1) is 16.5. The number of benzene rings is 4. The lowest BCUT2D eigenvalue weighted by Crippen LogP contribution is -2.38. The fourth-order valence-corrected chi connectivity index (χ4v) is 10.2. The maximum absolute atomic E-state index is 12.6. The maximum Gasteiger partial charge on any atom is 0.223 e. The molecule has 4 aromatic carbocycles. The third-order valence-corrected chi connectivity index (χ3v) is 11.5. The van der Waals surface area contributed by atoms with E-state index in [2.05, 4.69) is 41.7 Å². The Morgan fingerprint density at radius 1 is 0.735 bits per heavy atom. The summed E-state index contributed by atoms with van der Waals surface area (Å²) in [5, 5.41) is 7.31. The number of carbonyl (C=O) groups is 1. The zero-order chi connectivity index (χ0) is 24.0. The van der Waals surface area contributed by atoms with Crippen molar-refractivity contribution in [3.63, 3.8) is 0 Å². The van der Waals surface area contributed by atoms with Crippen LogP contribution in [0.25, 0.3) is 0 Å². The number of halogens is 1. The van der Waals surface area contributed by atoms with Gasteiger partial charge in [0.25, 0.3) is 0 Å². The van der Waals surface area contributed by atoms with Crippen molar-refractivity contribution in [1.82, 2.24) is 5.32 Å². The lowest BCUT2D eigenvalue weighted by atomic mass is 10.4. The van der Waals surface area contributed by atoms with E-state index in [4.69, 9.17) is 24.2 Å². The van der Waals surface area contributed by atoms with Crippen molar-refractivity contribution in [1.29, 1.82) is 0 Å². The monoisotopic (exact) mass is 520 g/mol. The van der Waals surface area contributed by atoms with Crippen LogP contribution in [0.3, 0.4) is 0 Å². The van der Waals surface area contributed by atoms with E-state index in [1.807, 2.05) is 78.9 Å². The van der Waals surface area contributed by atoms with Crippen LogP contribution in [0.2, 0.25) is 5.02 Å². The number of thiol groups is 1. The second kappa shape index (κ2) is 11.3. The molecule has 0 aliphatic heterocycles. The van der Waals surface area contributed by atoms with Gasteiger partial charge in [-0.05, 0) is 60.7 Å². The largest absolute Gasteiger partial charge is 0.295 e. The van der Waals surface area contributed by atoms with Crippen LogP contribution in [0.1, 0.15) is 6.92 Å². The van der Waals surface area contributed by atoms with Crippen molar-refractivity contribution in [3.05, 3.63) is 130 Å². The van der Waals surface area contributed by atoms with Gasteiger partial charge in [-0.1, -0.05) is 78.0 Å². The minimum atomic E-state index is -2.50. The van der Waals surface area contributed by atoms with Crippen LogP contribution in [0.15, 0.2) is 130 Å². The Bertz CT molecular complexity index is 1180. The molecule has 4 aromatic rings. The Balaban J connectivity index is 2.07. The molecule has 0 unspecified atom stereocenters. The van der Waals surface area contributed by atoms with Crippen molar-refractivity contribution in [2.75, 3.05) is 0 Å². The van der Waals surface area contributed by atoms with Crippen molar-refractivity contribution in [2.24, 2.45) is 0 Å². The highest BCUT2D eigenvalue weighted by Crippen LogP contribution is 2.63. The first-order valence-corrected chi connectivity index (χ1v) is 14.2. The van der Waals surface area contributed by atoms with Crippen molar-refractivity contribution < 1.29 is 4.79 Å². The van der Waals surface area contributed by atoms with Crippen LogP contribution in [-0.4, -0.2) is 5.91 Å². The first-order valence-electron chi connectivity index (χ1n) is 10.7. The molecule has 34 heavy (non-hydrogen) atoms. The van der Waals surface area contributed by atoms with Crippen LogP contribution in [0.4, 0.5) is 0 Å². The van der Waals surface area contributed by atoms with E-state index in [1.165, 1.54) is 11.8 Å². The second-order valence-electron chi connectivity index (χ2n) is 7.57. The molecule has 0 fully saturated rings. The predicted octanol–water partition coefficient (Wildman–Crippen LogP) is 6.62. The highest BCUT2D eigenvalue weighted by molar-refractivity contribution is 8.16. The summed E-state index contributed by atoms with van der Waals surface area (Å²) < 4.78 is 0.738. The van der Waals surface area contributed by atoms with Gasteiger partial charge in [0.05, 0.1) is 0 Å². The number of hydrogen-bond acceptors (Lipinski definition) is 3. The molecule has 6 heteroatoms. The van der Waals surface area contributed by atoms with E-state index in [9.17, 15) is 4.79 Å². The van der Waals surface area contributed by atoms with E-state index in [-0.39, 0.29) is 5.91 Å². The average Bonchev–Trinajstić information content (AvgIpc) is 2.87. The van der Waals surface area contributed by atoms with Crippen LogP contribution < -0.4 is 21.2 Å². The number of thioether (sulfide) groups is 1. The summed E-state index contributed by atoms with van der Waals surface area (Å²) in [6, 6.07) is 38.8. The van der Waals surface area contributed by atoms with Gasteiger partial charge in [-0.15, -0.1) is 12.6 Å². The zero-order valence-electron chi connectivity index (χ0n) is 18.6. The van der Waals surface area contributed by atoms with Gasteiger partial charge in [0, 0.05) is 16.8 Å². The van der Waals surface area contributed by atoms with Crippen LogP contribution in [0, 0.1) is 0 Å². The molecule has 0 aliphatic rings. The molecule has 1 amide bonds. The maximum atomic E-state index is 12.6. The highest BCUT2D eigenvalue weighted by Gasteiger charge is 2.51. The SMILES string of the molecule is CC(=O)NC(=C(S)Sc1ccc(Cl)cc1)[P+](c1ccccc1)(c1ccccc1)c1ccccc1. The smallest absolute Gasteiger partial charge is 0.223 e. The van der Waals surface area contributed by atoms with Crippen LogP contribution in [-0.2, 0) is 4.79 Å². The van der Waals surface area contributed by atoms with E-state index < -0.39 is 7.26 Å². The van der Waals surface area contributed by atoms with Gasteiger partial charge >= 0.3 is 0 Å². The summed E-state index contributed by atoms with van der Waals surface area (Å²) >= 11 is 12.6. The molecule has 0 aromatic heterocycles. The molecular weight excluding hydrogens is 497 g/mol. The lowest BCUT2D eigenvalue weighted by molar-refractivity contribution is -0.118. The van der Waals surface area contributed by atoms with E-state index >= 15 is 0 Å². The first kappa shape index (κ1) is 24.6.